The summed E-state index contributed by atoms with van der Waals surface area (Å²) in [5.74, 6) is -0.327. The predicted molar refractivity (Wildman–Crippen MR) is 134 cm³/mol. The number of urea groups is 1. The molecule has 0 radical (unpaired) electrons. The zero-order valence-electron chi connectivity index (χ0n) is 19.2. The number of piperazine rings is 1. The fourth-order valence-corrected chi connectivity index (χ4v) is 4.16. The van der Waals surface area contributed by atoms with E-state index in [2.05, 4.69) is 35.3 Å². The first-order valence-electron chi connectivity index (χ1n) is 11.4. The van der Waals surface area contributed by atoms with Gasteiger partial charge in [0.05, 0.1) is 12.7 Å². The van der Waals surface area contributed by atoms with Gasteiger partial charge in [0.2, 0.25) is 0 Å². The molecule has 1 fully saturated rings. The van der Waals surface area contributed by atoms with Crippen LogP contribution in [0.2, 0.25) is 5.02 Å². The zero-order chi connectivity index (χ0) is 23.9. The second kappa shape index (κ2) is 11.5. The van der Waals surface area contributed by atoms with Gasteiger partial charge in [-0.2, -0.15) is 0 Å². The van der Waals surface area contributed by atoms with Crippen molar-refractivity contribution >= 4 is 23.3 Å². The van der Waals surface area contributed by atoms with E-state index in [1.54, 1.807) is 17.0 Å². The highest BCUT2D eigenvalue weighted by atomic mass is 35.5. The van der Waals surface area contributed by atoms with Crippen LogP contribution in [0.1, 0.15) is 22.8 Å². The molecule has 1 saturated heterocycles. The minimum atomic E-state index is -0.327. The summed E-state index contributed by atoms with van der Waals surface area (Å²) in [5.41, 5.74) is 4.01. The molecule has 0 aliphatic carbocycles. The van der Waals surface area contributed by atoms with E-state index in [-0.39, 0.29) is 18.0 Å². The number of anilines is 1. The Balaban J connectivity index is 1.34. The Morgan fingerprint density at radius 1 is 1.03 bits per heavy atom. The molecule has 34 heavy (non-hydrogen) atoms. The summed E-state index contributed by atoms with van der Waals surface area (Å²) in [7, 11) is 0. The third-order valence-electron chi connectivity index (χ3n) is 5.95. The van der Waals surface area contributed by atoms with Gasteiger partial charge < -0.3 is 15.0 Å². The molecule has 1 aliphatic heterocycles. The maximum absolute atomic E-state index is 13.1. The SMILES string of the molecule is Cc1cccc(CO[C@@H](CN2CCN(C(=O)Nc3ccc(F)cc3)CC2)c2ccc(Cl)cc2)c1. The lowest BCUT2D eigenvalue weighted by Gasteiger charge is -2.36. The molecular weight excluding hydrogens is 453 g/mol. The van der Waals surface area contributed by atoms with Crippen LogP contribution in [0.5, 0.6) is 0 Å². The van der Waals surface area contributed by atoms with Gasteiger partial charge in [-0.05, 0) is 54.4 Å². The minimum Gasteiger partial charge on any atom is -0.368 e. The Morgan fingerprint density at radius 2 is 1.74 bits per heavy atom. The van der Waals surface area contributed by atoms with Crippen molar-refractivity contribution in [2.45, 2.75) is 19.6 Å². The molecule has 3 aromatic carbocycles. The maximum Gasteiger partial charge on any atom is 0.321 e. The van der Waals surface area contributed by atoms with Crippen molar-refractivity contribution < 1.29 is 13.9 Å². The number of ether oxygens (including phenoxy) is 1. The summed E-state index contributed by atoms with van der Waals surface area (Å²) in [5, 5.41) is 3.53. The van der Waals surface area contributed by atoms with Crippen molar-refractivity contribution in [1.82, 2.24) is 9.80 Å². The number of halogens is 2. The third-order valence-corrected chi connectivity index (χ3v) is 6.21. The smallest absolute Gasteiger partial charge is 0.321 e. The van der Waals surface area contributed by atoms with Gasteiger partial charge in [0.15, 0.2) is 0 Å². The third kappa shape index (κ3) is 6.79. The molecule has 4 rings (SSSR count). The van der Waals surface area contributed by atoms with Crippen molar-refractivity contribution in [1.29, 1.82) is 0 Å². The van der Waals surface area contributed by atoms with E-state index in [1.807, 2.05) is 30.3 Å². The summed E-state index contributed by atoms with van der Waals surface area (Å²) >= 11 is 6.10. The molecule has 0 saturated carbocycles. The number of carbonyl (C=O) groups is 1. The Kier molecular flexibility index (Phi) is 8.16. The summed E-state index contributed by atoms with van der Waals surface area (Å²) < 4.78 is 19.5. The molecule has 0 spiro atoms. The predicted octanol–water partition coefficient (Wildman–Crippen LogP) is 5.90. The number of hydrogen-bond acceptors (Lipinski definition) is 3. The second-order valence-corrected chi connectivity index (χ2v) is 9.00. The number of hydrogen-bond donors (Lipinski definition) is 1. The number of nitrogens with zero attached hydrogens (tertiary/aromatic N) is 2. The van der Waals surface area contributed by atoms with Crippen molar-refractivity contribution in [2.75, 3.05) is 38.0 Å². The lowest BCUT2D eigenvalue weighted by Crippen LogP contribution is -2.50. The summed E-state index contributed by atoms with van der Waals surface area (Å²) in [6, 6.07) is 21.7. The van der Waals surface area contributed by atoms with Gasteiger partial charge in [0, 0.05) is 43.4 Å². The lowest BCUT2D eigenvalue weighted by atomic mass is 10.1. The van der Waals surface area contributed by atoms with E-state index in [0.717, 1.165) is 30.8 Å². The van der Waals surface area contributed by atoms with Crippen LogP contribution in [0.15, 0.2) is 72.8 Å². The first-order valence-corrected chi connectivity index (χ1v) is 11.8. The van der Waals surface area contributed by atoms with Crippen molar-refractivity contribution in [3.63, 3.8) is 0 Å². The number of aryl methyl sites for hydroxylation is 1. The van der Waals surface area contributed by atoms with Crippen molar-refractivity contribution in [3.8, 4) is 0 Å². The minimum absolute atomic E-state index is 0.114. The van der Waals surface area contributed by atoms with Crippen LogP contribution in [-0.4, -0.2) is 48.6 Å². The van der Waals surface area contributed by atoms with E-state index in [9.17, 15) is 9.18 Å². The number of nitrogens with one attached hydrogen (secondary N) is 1. The van der Waals surface area contributed by atoms with Crippen LogP contribution in [0, 0.1) is 12.7 Å². The summed E-state index contributed by atoms with van der Waals surface area (Å²) in [4.78, 5) is 16.7. The molecule has 0 bridgehead atoms. The Bertz CT molecular complexity index is 1080. The quantitative estimate of drug-likeness (QED) is 0.457. The zero-order valence-corrected chi connectivity index (χ0v) is 20.0. The van der Waals surface area contributed by atoms with Crippen LogP contribution in [-0.2, 0) is 11.3 Å². The standard InChI is InChI=1S/C27H29ClFN3O2/c1-20-3-2-4-21(17-20)19-34-26(22-5-7-23(28)8-6-22)18-31-13-15-32(16-14-31)27(33)30-25-11-9-24(29)10-12-25/h2-12,17,26H,13-16,18-19H2,1H3,(H,30,33)/t26-/m0/s1. The number of amides is 2. The van der Waals surface area contributed by atoms with Gasteiger partial charge in [-0.1, -0.05) is 53.6 Å². The van der Waals surface area contributed by atoms with Crippen LogP contribution < -0.4 is 5.32 Å². The molecule has 0 unspecified atom stereocenters. The van der Waals surface area contributed by atoms with Crippen LogP contribution in [0.3, 0.4) is 0 Å². The largest absolute Gasteiger partial charge is 0.368 e. The summed E-state index contributed by atoms with van der Waals surface area (Å²) in [6.07, 6.45) is -0.114. The second-order valence-electron chi connectivity index (χ2n) is 8.56. The van der Waals surface area contributed by atoms with E-state index >= 15 is 0 Å². The molecule has 3 aromatic rings. The molecule has 0 aromatic heterocycles. The molecule has 7 heteroatoms. The van der Waals surface area contributed by atoms with Crippen LogP contribution in [0.25, 0.3) is 0 Å². The number of benzene rings is 3. The van der Waals surface area contributed by atoms with E-state index in [0.29, 0.717) is 30.4 Å². The fourth-order valence-electron chi connectivity index (χ4n) is 4.03. The number of rotatable bonds is 7. The Morgan fingerprint density at radius 3 is 2.41 bits per heavy atom. The average Bonchev–Trinajstić information content (AvgIpc) is 2.84. The van der Waals surface area contributed by atoms with Gasteiger partial charge in [0.1, 0.15) is 5.82 Å². The van der Waals surface area contributed by atoms with Gasteiger partial charge in [-0.25, -0.2) is 9.18 Å². The molecular formula is C27H29ClFN3O2. The first-order chi connectivity index (χ1) is 16.5. The average molecular weight is 482 g/mol. The first kappa shape index (κ1) is 24.2. The van der Waals surface area contributed by atoms with Crippen LogP contribution >= 0.6 is 11.6 Å². The van der Waals surface area contributed by atoms with Crippen molar-refractivity contribution in [2.24, 2.45) is 0 Å². The molecule has 1 heterocycles. The highest BCUT2D eigenvalue weighted by molar-refractivity contribution is 6.30. The van der Waals surface area contributed by atoms with Gasteiger partial charge in [-0.15, -0.1) is 0 Å². The molecule has 178 valence electrons. The van der Waals surface area contributed by atoms with Crippen LogP contribution in [0.4, 0.5) is 14.9 Å². The lowest BCUT2D eigenvalue weighted by molar-refractivity contribution is 0.00592. The van der Waals surface area contributed by atoms with Gasteiger partial charge in [0.25, 0.3) is 0 Å². The fraction of sp³-hybridized carbons (Fsp3) is 0.296. The monoisotopic (exact) mass is 481 g/mol. The Labute approximate surface area is 205 Å². The Hall–Kier alpha value is -2.93. The molecule has 2 amide bonds. The highest BCUT2D eigenvalue weighted by Gasteiger charge is 2.24. The van der Waals surface area contributed by atoms with E-state index < -0.39 is 0 Å². The maximum atomic E-state index is 13.1. The number of carbonyl (C=O) groups excluding carboxylic acids is 1. The van der Waals surface area contributed by atoms with E-state index in [4.69, 9.17) is 16.3 Å². The molecule has 1 atom stereocenters. The molecule has 1 aliphatic rings. The summed E-state index contributed by atoms with van der Waals surface area (Å²) in [6.45, 7) is 6.03. The topological polar surface area (TPSA) is 44.8 Å². The van der Waals surface area contributed by atoms with Crippen molar-refractivity contribution in [3.05, 3.63) is 100 Å². The normalized spacial score (nSPS) is 15.2. The highest BCUT2D eigenvalue weighted by Crippen LogP contribution is 2.24. The van der Waals surface area contributed by atoms with Gasteiger partial charge >= 0.3 is 6.03 Å². The molecule has 5 nitrogen and oxygen atoms in total. The van der Waals surface area contributed by atoms with E-state index in [1.165, 1.54) is 17.7 Å². The van der Waals surface area contributed by atoms with Gasteiger partial charge in [-0.3, -0.25) is 4.90 Å². The molecule has 1 N–H and O–H groups in total.